The molecule has 138 valence electrons. The van der Waals surface area contributed by atoms with Gasteiger partial charge in [0, 0.05) is 12.6 Å². The average Bonchev–Trinajstić information content (AvgIpc) is 2.59. The molecule has 1 amide bonds. The molecule has 1 unspecified atom stereocenters. The molecule has 2 aromatic rings. The first kappa shape index (κ1) is 18.2. The largest absolute Gasteiger partial charge is 0.416 e. The van der Waals surface area contributed by atoms with E-state index in [0.717, 1.165) is 18.2 Å². The normalized spacial score (nSPS) is 18.5. The zero-order chi connectivity index (χ0) is 19.1. The molecule has 6 nitrogen and oxygen atoms in total. The number of amides is 1. The Balaban J connectivity index is 1.97. The minimum Gasteiger partial charge on any atom is -0.364 e. The molecule has 0 aromatic heterocycles. The van der Waals surface area contributed by atoms with Crippen LogP contribution in [0.5, 0.6) is 0 Å². The van der Waals surface area contributed by atoms with Crippen molar-refractivity contribution in [3.63, 3.8) is 0 Å². The first-order valence-corrected chi connectivity index (χ1v) is 8.92. The molecule has 0 saturated carbocycles. The summed E-state index contributed by atoms with van der Waals surface area (Å²) in [6, 6.07) is 8.42. The van der Waals surface area contributed by atoms with Crippen LogP contribution in [-0.4, -0.2) is 21.4 Å². The summed E-state index contributed by atoms with van der Waals surface area (Å²) in [5, 5.41) is 5.21. The maximum atomic E-state index is 12.9. The topological polar surface area (TPSA) is 87.3 Å². The summed E-state index contributed by atoms with van der Waals surface area (Å²) in [5.74, 6) is -0.311. The average molecular weight is 385 g/mol. The Kier molecular flexibility index (Phi) is 4.41. The maximum absolute atomic E-state index is 12.9. The summed E-state index contributed by atoms with van der Waals surface area (Å²) < 4.78 is 65.7. The van der Waals surface area contributed by atoms with E-state index in [9.17, 15) is 26.4 Å². The van der Waals surface area contributed by atoms with Gasteiger partial charge in [-0.15, -0.1) is 0 Å². The summed E-state index contributed by atoms with van der Waals surface area (Å²) >= 11 is 0. The molecule has 1 atom stereocenters. The number of carbonyl (C=O) groups is 1. The summed E-state index contributed by atoms with van der Waals surface area (Å²) in [6.07, 6.45) is -5.55. The first-order chi connectivity index (χ1) is 12.1. The van der Waals surface area contributed by atoms with Crippen LogP contribution in [0.4, 0.5) is 18.9 Å². The molecule has 0 spiro atoms. The van der Waals surface area contributed by atoms with Gasteiger partial charge in [-0.25, -0.2) is 8.42 Å². The van der Waals surface area contributed by atoms with Crippen molar-refractivity contribution in [3.05, 3.63) is 59.2 Å². The van der Waals surface area contributed by atoms with Crippen molar-refractivity contribution >= 4 is 21.6 Å². The molecule has 0 aliphatic carbocycles. The van der Waals surface area contributed by atoms with Crippen LogP contribution in [-0.2, 0) is 16.2 Å². The minimum atomic E-state index is -4.59. The lowest BCUT2D eigenvalue weighted by atomic mass is 10.1. The lowest BCUT2D eigenvalue weighted by Crippen LogP contribution is -2.38. The standard InChI is InChI=1S/C16H14F3N3O3S/c1-20-15(23)10-4-2-9(3-5-10)14-21-12-8-11(16(17,18)19)6-7-13(12)26(24,25)22-14/h2-8,14,21-22H,1H3,(H,20,23). The number of hydrogen-bond donors (Lipinski definition) is 3. The van der Waals surface area contributed by atoms with E-state index in [2.05, 4.69) is 15.4 Å². The van der Waals surface area contributed by atoms with E-state index in [1.165, 1.54) is 31.3 Å². The third kappa shape index (κ3) is 3.37. The smallest absolute Gasteiger partial charge is 0.364 e. The van der Waals surface area contributed by atoms with Crippen molar-refractivity contribution in [3.8, 4) is 0 Å². The molecule has 0 saturated heterocycles. The van der Waals surface area contributed by atoms with E-state index in [4.69, 9.17) is 0 Å². The maximum Gasteiger partial charge on any atom is 0.416 e. The van der Waals surface area contributed by atoms with Gasteiger partial charge >= 0.3 is 6.18 Å². The molecule has 0 fully saturated rings. The van der Waals surface area contributed by atoms with Crippen LogP contribution in [0.3, 0.4) is 0 Å². The van der Waals surface area contributed by atoms with Crippen LogP contribution >= 0.6 is 0 Å². The molecule has 0 bridgehead atoms. The van der Waals surface area contributed by atoms with Gasteiger partial charge in [0.05, 0.1) is 11.3 Å². The SMILES string of the molecule is CNC(=O)c1ccc(C2Nc3cc(C(F)(F)F)ccc3S(=O)(=O)N2)cc1. The van der Waals surface area contributed by atoms with Crippen molar-refractivity contribution in [2.45, 2.75) is 17.2 Å². The Labute approximate surface area is 147 Å². The van der Waals surface area contributed by atoms with Crippen molar-refractivity contribution in [2.75, 3.05) is 12.4 Å². The van der Waals surface area contributed by atoms with Gasteiger partial charge in [0.1, 0.15) is 11.1 Å². The predicted molar refractivity (Wildman–Crippen MR) is 88.0 cm³/mol. The van der Waals surface area contributed by atoms with Gasteiger partial charge in [0.2, 0.25) is 10.0 Å². The highest BCUT2D eigenvalue weighted by molar-refractivity contribution is 7.89. The molecule has 1 aliphatic rings. The van der Waals surface area contributed by atoms with Crippen LogP contribution in [0.25, 0.3) is 0 Å². The molecule has 26 heavy (non-hydrogen) atoms. The lowest BCUT2D eigenvalue weighted by molar-refractivity contribution is -0.137. The lowest BCUT2D eigenvalue weighted by Gasteiger charge is -2.29. The highest BCUT2D eigenvalue weighted by Crippen LogP contribution is 2.37. The fourth-order valence-corrected chi connectivity index (χ4v) is 3.87. The Bertz CT molecular complexity index is 957. The number of rotatable bonds is 2. The molecular formula is C16H14F3N3O3S. The summed E-state index contributed by atoms with van der Waals surface area (Å²) in [4.78, 5) is 11.3. The van der Waals surface area contributed by atoms with Gasteiger partial charge in [-0.05, 0) is 35.9 Å². The minimum absolute atomic E-state index is 0.140. The molecule has 10 heteroatoms. The summed E-state index contributed by atoms with van der Waals surface area (Å²) in [7, 11) is -2.52. The summed E-state index contributed by atoms with van der Waals surface area (Å²) in [6.45, 7) is 0. The van der Waals surface area contributed by atoms with Crippen LogP contribution < -0.4 is 15.4 Å². The van der Waals surface area contributed by atoms with Crippen LogP contribution in [0, 0.1) is 0 Å². The third-order valence-electron chi connectivity index (χ3n) is 3.90. The highest BCUT2D eigenvalue weighted by Gasteiger charge is 2.35. The Morgan fingerprint density at radius 3 is 2.35 bits per heavy atom. The molecule has 3 rings (SSSR count). The molecule has 2 aromatic carbocycles. The van der Waals surface area contributed by atoms with Gasteiger partial charge < -0.3 is 10.6 Å². The van der Waals surface area contributed by atoms with Crippen molar-refractivity contribution in [2.24, 2.45) is 0 Å². The van der Waals surface area contributed by atoms with E-state index in [-0.39, 0.29) is 16.5 Å². The number of sulfonamides is 1. The zero-order valence-corrected chi connectivity index (χ0v) is 14.2. The quantitative estimate of drug-likeness (QED) is 0.741. The van der Waals surface area contributed by atoms with Gasteiger partial charge in [-0.1, -0.05) is 12.1 Å². The summed E-state index contributed by atoms with van der Waals surface area (Å²) in [5.41, 5.74) is -0.271. The number of benzene rings is 2. The Morgan fingerprint density at radius 2 is 1.77 bits per heavy atom. The van der Waals surface area contributed by atoms with Gasteiger partial charge in [0.15, 0.2) is 0 Å². The van der Waals surface area contributed by atoms with Crippen molar-refractivity contribution in [1.82, 2.24) is 10.0 Å². The number of nitrogens with one attached hydrogen (secondary N) is 3. The number of halogens is 3. The third-order valence-corrected chi connectivity index (χ3v) is 5.38. The molecule has 3 N–H and O–H groups in total. The first-order valence-electron chi connectivity index (χ1n) is 7.44. The predicted octanol–water partition coefficient (Wildman–Crippen LogP) is 2.47. The van der Waals surface area contributed by atoms with E-state index in [1.54, 1.807) is 0 Å². The molecule has 1 heterocycles. The van der Waals surface area contributed by atoms with Crippen LogP contribution in [0.1, 0.15) is 27.7 Å². The van der Waals surface area contributed by atoms with Gasteiger partial charge in [0.25, 0.3) is 5.91 Å². The number of anilines is 1. The number of alkyl halides is 3. The van der Waals surface area contributed by atoms with Crippen LogP contribution in [0.2, 0.25) is 0 Å². The second kappa shape index (κ2) is 6.29. The Hall–Kier alpha value is -2.59. The van der Waals surface area contributed by atoms with Crippen LogP contribution in [0.15, 0.2) is 47.4 Å². The highest BCUT2D eigenvalue weighted by atomic mass is 32.2. The molecule has 0 radical (unpaired) electrons. The molecular weight excluding hydrogens is 371 g/mol. The van der Waals surface area contributed by atoms with Crippen molar-refractivity contribution in [1.29, 1.82) is 0 Å². The monoisotopic (exact) mass is 385 g/mol. The number of carbonyl (C=O) groups excluding carboxylic acids is 1. The van der Waals surface area contributed by atoms with Crippen molar-refractivity contribution < 1.29 is 26.4 Å². The Morgan fingerprint density at radius 1 is 1.12 bits per heavy atom. The van der Waals surface area contributed by atoms with Gasteiger partial charge in [-0.2, -0.15) is 17.9 Å². The van der Waals surface area contributed by atoms with Gasteiger partial charge in [-0.3, -0.25) is 4.79 Å². The fourth-order valence-electron chi connectivity index (χ4n) is 2.58. The molecule has 1 aliphatic heterocycles. The van der Waals surface area contributed by atoms with E-state index in [1.807, 2.05) is 0 Å². The van der Waals surface area contributed by atoms with E-state index >= 15 is 0 Å². The second-order valence-electron chi connectivity index (χ2n) is 5.61. The second-order valence-corrected chi connectivity index (χ2v) is 7.29. The zero-order valence-electron chi connectivity index (χ0n) is 13.4. The van der Waals surface area contributed by atoms with E-state index < -0.39 is 27.9 Å². The van der Waals surface area contributed by atoms with E-state index in [0.29, 0.717) is 11.1 Å². The number of hydrogen-bond acceptors (Lipinski definition) is 4. The number of fused-ring (bicyclic) bond motifs is 1. The fraction of sp³-hybridized carbons (Fsp3) is 0.188.